The second kappa shape index (κ2) is 5.74. The summed E-state index contributed by atoms with van der Waals surface area (Å²) < 4.78 is 0. The number of aryl methyl sites for hydroxylation is 1. The van der Waals surface area contributed by atoms with Gasteiger partial charge in [0.2, 0.25) is 0 Å². The molecular weight excluding hydrogens is 254 g/mol. The number of nitrogens with one attached hydrogen (secondary N) is 1. The van der Waals surface area contributed by atoms with Gasteiger partial charge in [-0.05, 0) is 24.5 Å². The van der Waals surface area contributed by atoms with Crippen LogP contribution in [0, 0.1) is 17.2 Å². The summed E-state index contributed by atoms with van der Waals surface area (Å²) in [5.41, 5.74) is 1.95. The van der Waals surface area contributed by atoms with E-state index >= 15 is 0 Å². The predicted octanol–water partition coefficient (Wildman–Crippen LogP) is 2.00. The van der Waals surface area contributed by atoms with Gasteiger partial charge in [-0.2, -0.15) is 5.26 Å². The number of carbonyl (C=O) groups is 2. The summed E-state index contributed by atoms with van der Waals surface area (Å²) >= 11 is 0. The van der Waals surface area contributed by atoms with Gasteiger partial charge in [-0.1, -0.05) is 31.2 Å². The van der Waals surface area contributed by atoms with Crippen molar-refractivity contribution in [1.29, 1.82) is 5.26 Å². The van der Waals surface area contributed by atoms with Gasteiger partial charge in [0.15, 0.2) is 0 Å². The number of hydrogen-bond donors (Lipinski definition) is 1. The van der Waals surface area contributed by atoms with E-state index in [9.17, 15) is 9.59 Å². The normalized spacial score (nSPS) is 19.6. The van der Waals surface area contributed by atoms with Crippen LogP contribution in [0.2, 0.25) is 0 Å². The van der Waals surface area contributed by atoms with Crippen LogP contribution in [0.15, 0.2) is 24.3 Å². The molecule has 0 bridgehead atoms. The van der Waals surface area contributed by atoms with Crippen molar-refractivity contribution in [1.82, 2.24) is 10.2 Å². The number of imide groups is 1. The highest BCUT2D eigenvalue weighted by atomic mass is 16.2. The Morgan fingerprint density at radius 1 is 1.35 bits per heavy atom. The molecule has 1 aliphatic rings. The standard InChI is InChI=1S/C15H17N3O2/c1-3-11-4-6-12(7-5-11)13-14(19)18(15(20)17-13)9-10(2)8-16/h4-7,10,13H,3,9H2,1-2H3,(H,17,20). The topological polar surface area (TPSA) is 73.2 Å². The van der Waals surface area contributed by atoms with Gasteiger partial charge in [-0.25, -0.2) is 4.79 Å². The van der Waals surface area contributed by atoms with Crippen molar-refractivity contribution in [3.63, 3.8) is 0 Å². The van der Waals surface area contributed by atoms with Crippen LogP contribution in [0.25, 0.3) is 0 Å². The average Bonchev–Trinajstić information content (AvgIpc) is 2.75. The summed E-state index contributed by atoms with van der Waals surface area (Å²) in [5, 5.41) is 11.5. The maximum absolute atomic E-state index is 12.3. The molecule has 1 saturated heterocycles. The van der Waals surface area contributed by atoms with Crippen LogP contribution in [-0.2, 0) is 11.2 Å². The van der Waals surface area contributed by atoms with Gasteiger partial charge in [0, 0.05) is 6.54 Å². The largest absolute Gasteiger partial charge is 0.325 e. The smallest absolute Gasteiger partial charge is 0.322 e. The Bertz CT molecular complexity index is 559. The first kappa shape index (κ1) is 14.1. The number of rotatable bonds is 4. The van der Waals surface area contributed by atoms with Gasteiger partial charge < -0.3 is 5.32 Å². The predicted molar refractivity (Wildman–Crippen MR) is 73.6 cm³/mol. The highest BCUT2D eigenvalue weighted by Gasteiger charge is 2.39. The Morgan fingerprint density at radius 3 is 2.55 bits per heavy atom. The molecule has 0 saturated carbocycles. The zero-order valence-electron chi connectivity index (χ0n) is 11.6. The van der Waals surface area contributed by atoms with E-state index in [-0.39, 0.29) is 18.4 Å². The summed E-state index contributed by atoms with van der Waals surface area (Å²) in [5.74, 6) is -0.660. The van der Waals surface area contributed by atoms with E-state index in [0.717, 1.165) is 16.9 Å². The van der Waals surface area contributed by atoms with E-state index in [2.05, 4.69) is 12.2 Å². The number of benzene rings is 1. The third kappa shape index (κ3) is 2.64. The van der Waals surface area contributed by atoms with Crippen molar-refractivity contribution in [2.75, 3.05) is 6.54 Å². The van der Waals surface area contributed by atoms with Gasteiger partial charge in [0.1, 0.15) is 6.04 Å². The molecule has 2 rings (SSSR count). The molecule has 104 valence electrons. The zero-order chi connectivity index (χ0) is 14.7. The van der Waals surface area contributed by atoms with Crippen molar-refractivity contribution in [3.8, 4) is 6.07 Å². The van der Waals surface area contributed by atoms with Crippen LogP contribution in [-0.4, -0.2) is 23.4 Å². The second-order valence-electron chi connectivity index (χ2n) is 4.96. The zero-order valence-corrected chi connectivity index (χ0v) is 11.6. The summed E-state index contributed by atoms with van der Waals surface area (Å²) in [6.45, 7) is 3.87. The number of carbonyl (C=O) groups excluding carboxylic acids is 2. The Kier molecular flexibility index (Phi) is 4.04. The van der Waals surface area contributed by atoms with E-state index in [1.165, 1.54) is 5.56 Å². The van der Waals surface area contributed by atoms with E-state index in [1.807, 2.05) is 30.3 Å². The highest BCUT2D eigenvalue weighted by Crippen LogP contribution is 2.23. The molecule has 2 atom stereocenters. The second-order valence-corrected chi connectivity index (χ2v) is 4.96. The van der Waals surface area contributed by atoms with Crippen LogP contribution in [0.1, 0.15) is 31.0 Å². The third-order valence-corrected chi connectivity index (χ3v) is 3.42. The van der Waals surface area contributed by atoms with Crippen molar-refractivity contribution in [2.24, 2.45) is 5.92 Å². The number of urea groups is 1. The third-order valence-electron chi connectivity index (χ3n) is 3.42. The lowest BCUT2D eigenvalue weighted by Gasteiger charge is -2.14. The molecule has 1 N–H and O–H groups in total. The van der Waals surface area contributed by atoms with Crippen molar-refractivity contribution < 1.29 is 9.59 Å². The Hall–Kier alpha value is -2.35. The summed E-state index contributed by atoms with van der Waals surface area (Å²) in [4.78, 5) is 25.2. The van der Waals surface area contributed by atoms with Crippen molar-refractivity contribution in [3.05, 3.63) is 35.4 Å². The van der Waals surface area contributed by atoms with Crippen molar-refractivity contribution >= 4 is 11.9 Å². The first-order valence-electron chi connectivity index (χ1n) is 6.67. The van der Waals surface area contributed by atoms with Gasteiger partial charge in [-0.15, -0.1) is 0 Å². The van der Waals surface area contributed by atoms with E-state index in [4.69, 9.17) is 5.26 Å². The number of nitriles is 1. The fraction of sp³-hybridized carbons (Fsp3) is 0.400. The first-order chi connectivity index (χ1) is 9.56. The fourth-order valence-corrected chi connectivity index (χ4v) is 2.18. The molecule has 5 heteroatoms. The molecule has 5 nitrogen and oxygen atoms in total. The number of hydrogen-bond acceptors (Lipinski definition) is 3. The Balaban J connectivity index is 2.16. The van der Waals surface area contributed by atoms with Crippen LogP contribution >= 0.6 is 0 Å². The van der Waals surface area contributed by atoms with E-state index < -0.39 is 12.1 Å². The Morgan fingerprint density at radius 2 is 2.00 bits per heavy atom. The lowest BCUT2D eigenvalue weighted by atomic mass is 10.0. The molecule has 0 aromatic heterocycles. The van der Waals surface area contributed by atoms with Gasteiger partial charge in [0.05, 0.1) is 12.0 Å². The molecule has 1 aliphatic heterocycles. The lowest BCUT2D eigenvalue weighted by Crippen LogP contribution is -2.34. The summed E-state index contributed by atoms with van der Waals surface area (Å²) in [7, 11) is 0. The minimum Gasteiger partial charge on any atom is -0.322 e. The van der Waals surface area contributed by atoms with Crippen LogP contribution in [0.3, 0.4) is 0 Å². The monoisotopic (exact) mass is 271 g/mol. The molecular formula is C15H17N3O2. The molecule has 1 fully saturated rings. The van der Waals surface area contributed by atoms with Gasteiger partial charge in [0.25, 0.3) is 5.91 Å². The molecule has 20 heavy (non-hydrogen) atoms. The average molecular weight is 271 g/mol. The maximum Gasteiger partial charge on any atom is 0.325 e. The van der Waals surface area contributed by atoms with Crippen LogP contribution in [0.4, 0.5) is 4.79 Å². The molecule has 2 unspecified atom stereocenters. The Labute approximate surface area is 118 Å². The summed E-state index contributed by atoms with van der Waals surface area (Å²) in [6, 6.07) is 8.59. The van der Waals surface area contributed by atoms with Crippen molar-refractivity contribution in [2.45, 2.75) is 26.3 Å². The minimum atomic E-state index is -0.640. The molecule has 0 aliphatic carbocycles. The van der Waals surface area contributed by atoms with Crippen LogP contribution < -0.4 is 5.32 Å². The highest BCUT2D eigenvalue weighted by molar-refractivity contribution is 6.04. The molecule has 3 amide bonds. The summed E-state index contributed by atoms with van der Waals surface area (Å²) in [6.07, 6.45) is 0.928. The molecule has 1 heterocycles. The molecule has 1 aromatic carbocycles. The number of amides is 3. The van der Waals surface area contributed by atoms with E-state index in [1.54, 1.807) is 6.92 Å². The molecule has 0 spiro atoms. The number of nitrogens with zero attached hydrogens (tertiary/aromatic N) is 2. The van der Waals surface area contributed by atoms with E-state index in [0.29, 0.717) is 0 Å². The quantitative estimate of drug-likeness (QED) is 0.851. The van der Waals surface area contributed by atoms with Gasteiger partial charge in [-0.3, -0.25) is 9.69 Å². The SMILES string of the molecule is CCc1ccc(C2NC(=O)N(CC(C)C#N)C2=O)cc1. The van der Waals surface area contributed by atoms with Gasteiger partial charge >= 0.3 is 6.03 Å². The molecule has 1 aromatic rings. The first-order valence-corrected chi connectivity index (χ1v) is 6.67. The minimum absolute atomic E-state index is 0.130. The maximum atomic E-state index is 12.3. The van der Waals surface area contributed by atoms with Crippen LogP contribution in [0.5, 0.6) is 0 Å². The fourth-order valence-electron chi connectivity index (χ4n) is 2.18. The lowest BCUT2D eigenvalue weighted by molar-refractivity contribution is -0.127. The molecule has 0 radical (unpaired) electrons.